The number of benzene rings is 1. The standard InChI is InChI=1S/C26H25FN8O3/c1-26(2,38)22(27)13-32-25(37)19-11-30-20(18-12-33-35-14-15(9-28)10-31-23(18)35)8-21(19)34-17-6-4-16(5-7-17)24(36)29-3/h4-8,10-12,14,22,38H,13H2,1-3H3,(H,29,36)(H,30,34)(H,32,37)/t22-/m1/s1. The molecule has 0 saturated heterocycles. The molecule has 38 heavy (non-hydrogen) atoms. The molecule has 0 bridgehead atoms. The van der Waals surface area contributed by atoms with Crippen molar-refractivity contribution in [3.8, 4) is 17.3 Å². The normalized spacial score (nSPS) is 12.0. The van der Waals surface area contributed by atoms with Crippen molar-refractivity contribution in [2.24, 2.45) is 0 Å². The molecule has 0 unspecified atom stereocenters. The van der Waals surface area contributed by atoms with Crippen molar-refractivity contribution in [1.82, 2.24) is 30.2 Å². The largest absolute Gasteiger partial charge is 0.387 e. The molecular weight excluding hydrogens is 491 g/mol. The van der Waals surface area contributed by atoms with Crippen LogP contribution in [0.4, 0.5) is 15.8 Å². The van der Waals surface area contributed by atoms with Gasteiger partial charge in [0.2, 0.25) is 0 Å². The Bertz CT molecular complexity index is 1540. The minimum Gasteiger partial charge on any atom is -0.387 e. The van der Waals surface area contributed by atoms with Crippen molar-refractivity contribution in [2.45, 2.75) is 25.6 Å². The van der Waals surface area contributed by atoms with Crippen LogP contribution in [0.25, 0.3) is 16.9 Å². The summed E-state index contributed by atoms with van der Waals surface area (Å²) in [6.45, 7) is 2.24. The second-order valence-corrected chi connectivity index (χ2v) is 9.01. The lowest BCUT2D eigenvalue weighted by molar-refractivity contribution is -0.00177. The van der Waals surface area contributed by atoms with E-state index in [1.807, 2.05) is 6.07 Å². The van der Waals surface area contributed by atoms with Gasteiger partial charge in [-0.2, -0.15) is 10.4 Å². The monoisotopic (exact) mass is 516 g/mol. The van der Waals surface area contributed by atoms with Crippen molar-refractivity contribution < 1.29 is 19.1 Å². The Morgan fingerprint density at radius 3 is 2.55 bits per heavy atom. The highest BCUT2D eigenvalue weighted by Gasteiger charge is 2.27. The molecule has 194 valence electrons. The third-order valence-corrected chi connectivity index (χ3v) is 5.77. The molecule has 4 N–H and O–H groups in total. The van der Waals surface area contributed by atoms with E-state index in [1.165, 1.54) is 44.0 Å². The van der Waals surface area contributed by atoms with Gasteiger partial charge in [0.15, 0.2) is 5.65 Å². The van der Waals surface area contributed by atoms with Crippen LogP contribution in [0.1, 0.15) is 40.1 Å². The summed E-state index contributed by atoms with van der Waals surface area (Å²) in [4.78, 5) is 33.6. The van der Waals surface area contributed by atoms with Gasteiger partial charge in [0.25, 0.3) is 11.8 Å². The summed E-state index contributed by atoms with van der Waals surface area (Å²) in [5.41, 5.74) is 1.71. The van der Waals surface area contributed by atoms with Gasteiger partial charge in [0, 0.05) is 30.7 Å². The Morgan fingerprint density at radius 1 is 1.16 bits per heavy atom. The number of hydrogen-bond acceptors (Lipinski definition) is 8. The molecule has 12 heteroatoms. The number of rotatable bonds is 8. The maximum absolute atomic E-state index is 14.3. The molecule has 0 saturated carbocycles. The number of nitrogens with zero attached hydrogens (tertiary/aromatic N) is 5. The summed E-state index contributed by atoms with van der Waals surface area (Å²) >= 11 is 0. The average Bonchev–Trinajstić information content (AvgIpc) is 3.34. The minimum atomic E-state index is -1.68. The zero-order valence-corrected chi connectivity index (χ0v) is 20.9. The van der Waals surface area contributed by atoms with Crippen molar-refractivity contribution in [2.75, 3.05) is 18.9 Å². The van der Waals surface area contributed by atoms with Crippen LogP contribution in [-0.2, 0) is 0 Å². The molecule has 1 aromatic carbocycles. The van der Waals surface area contributed by atoms with Gasteiger partial charge in [0.05, 0.1) is 52.6 Å². The highest BCUT2D eigenvalue weighted by molar-refractivity contribution is 6.01. The summed E-state index contributed by atoms with van der Waals surface area (Å²) in [5.74, 6) is -0.840. The predicted molar refractivity (Wildman–Crippen MR) is 138 cm³/mol. The van der Waals surface area contributed by atoms with E-state index >= 15 is 0 Å². The SMILES string of the molecule is CNC(=O)c1ccc(Nc2cc(-c3cnn4cc(C#N)cnc34)ncc2C(=O)NC[C@@H](F)C(C)(C)O)cc1. The fraction of sp³-hybridized carbons (Fsp3) is 0.231. The average molecular weight is 517 g/mol. The fourth-order valence-corrected chi connectivity index (χ4v) is 3.53. The Morgan fingerprint density at radius 2 is 1.89 bits per heavy atom. The number of carbonyl (C=O) groups is 2. The van der Waals surface area contributed by atoms with E-state index in [-0.39, 0.29) is 11.5 Å². The zero-order valence-electron chi connectivity index (χ0n) is 20.9. The van der Waals surface area contributed by atoms with E-state index in [4.69, 9.17) is 5.26 Å². The summed E-state index contributed by atoms with van der Waals surface area (Å²) < 4.78 is 15.7. The third kappa shape index (κ3) is 5.58. The number of nitrogens with one attached hydrogen (secondary N) is 3. The number of pyridine rings is 1. The molecule has 2 amide bonds. The summed E-state index contributed by atoms with van der Waals surface area (Å²) in [6.07, 6.45) is 4.17. The molecule has 3 aromatic heterocycles. The lowest BCUT2D eigenvalue weighted by Crippen LogP contribution is -2.42. The number of anilines is 2. The van der Waals surface area contributed by atoms with Crippen molar-refractivity contribution in [3.05, 3.63) is 71.8 Å². The minimum absolute atomic E-state index is 0.128. The molecule has 0 aliphatic heterocycles. The van der Waals surface area contributed by atoms with Gasteiger partial charge in [-0.15, -0.1) is 0 Å². The first-order chi connectivity index (χ1) is 18.1. The highest BCUT2D eigenvalue weighted by atomic mass is 19.1. The molecule has 0 fully saturated rings. The Balaban J connectivity index is 1.70. The number of aromatic nitrogens is 4. The number of alkyl halides is 1. The number of hydrogen-bond donors (Lipinski definition) is 4. The molecule has 11 nitrogen and oxygen atoms in total. The molecule has 0 aliphatic carbocycles. The van der Waals surface area contributed by atoms with E-state index in [0.717, 1.165) is 0 Å². The van der Waals surface area contributed by atoms with Crippen LogP contribution >= 0.6 is 0 Å². The van der Waals surface area contributed by atoms with Gasteiger partial charge < -0.3 is 21.1 Å². The molecule has 4 aromatic rings. The van der Waals surface area contributed by atoms with E-state index < -0.39 is 24.2 Å². The van der Waals surface area contributed by atoms with Crippen LogP contribution in [0.3, 0.4) is 0 Å². The zero-order chi connectivity index (χ0) is 27.4. The van der Waals surface area contributed by atoms with E-state index in [9.17, 15) is 19.1 Å². The first-order valence-electron chi connectivity index (χ1n) is 11.6. The van der Waals surface area contributed by atoms with Gasteiger partial charge in [-0.1, -0.05) is 0 Å². The first-order valence-corrected chi connectivity index (χ1v) is 11.6. The fourth-order valence-electron chi connectivity index (χ4n) is 3.53. The number of nitriles is 1. The van der Waals surface area contributed by atoms with Gasteiger partial charge >= 0.3 is 0 Å². The number of halogens is 1. The molecular formula is C26H25FN8O3. The Labute approximate surface area is 217 Å². The van der Waals surface area contributed by atoms with Crippen LogP contribution in [0, 0.1) is 11.3 Å². The number of fused-ring (bicyclic) bond motifs is 1. The van der Waals surface area contributed by atoms with Gasteiger partial charge in [0.1, 0.15) is 12.2 Å². The second kappa shape index (κ2) is 10.6. The summed E-state index contributed by atoms with van der Waals surface area (Å²) in [6, 6.07) is 10.2. The van der Waals surface area contributed by atoms with Crippen LogP contribution < -0.4 is 16.0 Å². The molecule has 1 atom stereocenters. The van der Waals surface area contributed by atoms with Crippen molar-refractivity contribution in [1.29, 1.82) is 5.26 Å². The third-order valence-electron chi connectivity index (χ3n) is 5.77. The van der Waals surface area contributed by atoms with Crippen molar-refractivity contribution in [3.63, 3.8) is 0 Å². The topological polar surface area (TPSA) is 157 Å². The molecule has 4 rings (SSSR count). The van der Waals surface area contributed by atoms with Crippen molar-refractivity contribution >= 4 is 28.8 Å². The van der Waals surface area contributed by atoms with Gasteiger partial charge in [-0.3, -0.25) is 14.6 Å². The van der Waals surface area contributed by atoms with E-state index in [1.54, 1.807) is 36.5 Å². The Kier molecular flexibility index (Phi) is 7.31. The van der Waals surface area contributed by atoms with E-state index in [2.05, 4.69) is 31.0 Å². The molecule has 3 heterocycles. The summed E-state index contributed by atoms with van der Waals surface area (Å²) in [7, 11) is 1.54. The number of carbonyl (C=O) groups excluding carboxylic acids is 2. The quantitative estimate of drug-likeness (QED) is 0.278. The molecule has 0 aliphatic rings. The van der Waals surface area contributed by atoms with Crippen LogP contribution in [0.5, 0.6) is 0 Å². The maximum atomic E-state index is 14.3. The van der Waals surface area contributed by atoms with Gasteiger partial charge in [-0.05, 0) is 44.2 Å². The predicted octanol–water partition coefficient (Wildman–Crippen LogP) is 2.60. The number of amides is 2. The number of aliphatic hydroxyl groups is 1. The van der Waals surface area contributed by atoms with E-state index in [0.29, 0.717) is 39.4 Å². The lowest BCUT2D eigenvalue weighted by Gasteiger charge is -2.22. The molecule has 0 radical (unpaired) electrons. The highest BCUT2D eigenvalue weighted by Crippen LogP contribution is 2.28. The first kappa shape index (κ1) is 26.2. The van der Waals surface area contributed by atoms with Gasteiger partial charge in [-0.25, -0.2) is 13.9 Å². The molecule has 0 spiro atoms. The summed E-state index contributed by atoms with van der Waals surface area (Å²) in [5, 5.41) is 31.4. The van der Waals surface area contributed by atoms with Crippen LogP contribution in [-0.4, -0.2) is 61.9 Å². The van der Waals surface area contributed by atoms with Crippen LogP contribution in [0.2, 0.25) is 0 Å². The smallest absolute Gasteiger partial charge is 0.255 e. The maximum Gasteiger partial charge on any atom is 0.255 e. The lowest BCUT2D eigenvalue weighted by atomic mass is 10.0. The van der Waals surface area contributed by atoms with Crippen LogP contribution in [0.15, 0.2) is 55.1 Å². The Hall–Kier alpha value is -4.89. The second-order valence-electron chi connectivity index (χ2n) is 9.01.